The second kappa shape index (κ2) is 7.34. The lowest BCUT2D eigenvalue weighted by Crippen LogP contribution is -2.28. The van der Waals surface area contributed by atoms with Gasteiger partial charge in [0.15, 0.2) is 0 Å². The number of amides is 1. The van der Waals surface area contributed by atoms with Gasteiger partial charge in [0.1, 0.15) is 10.4 Å². The van der Waals surface area contributed by atoms with Crippen LogP contribution in [0.1, 0.15) is 10.4 Å². The zero-order chi connectivity index (χ0) is 19.7. The summed E-state index contributed by atoms with van der Waals surface area (Å²) in [6, 6.07) is 12.0. The second-order valence-electron chi connectivity index (χ2n) is 6.21. The molecule has 4 rings (SSSR count). The summed E-state index contributed by atoms with van der Waals surface area (Å²) in [6.45, 7) is 0.760. The Labute approximate surface area is 163 Å². The maximum Gasteiger partial charge on any atom is 0.266 e. The lowest BCUT2D eigenvalue weighted by Gasteiger charge is -2.11. The van der Waals surface area contributed by atoms with Gasteiger partial charge in [0.25, 0.3) is 11.5 Å². The molecule has 0 aliphatic heterocycles. The molecule has 140 valence electrons. The fourth-order valence-corrected chi connectivity index (χ4v) is 4.08. The molecule has 0 saturated carbocycles. The summed E-state index contributed by atoms with van der Waals surface area (Å²) in [5, 5.41) is 9.27. The number of carbonyl (C=O) groups is 1. The van der Waals surface area contributed by atoms with E-state index in [2.05, 4.69) is 15.5 Å². The molecule has 0 saturated heterocycles. The van der Waals surface area contributed by atoms with Crippen LogP contribution < -0.4 is 16.6 Å². The number of fused-ring (bicyclic) bond motifs is 3. The van der Waals surface area contributed by atoms with E-state index in [1.54, 1.807) is 36.4 Å². The predicted molar refractivity (Wildman–Crippen MR) is 112 cm³/mol. The molecule has 2 aromatic heterocycles. The van der Waals surface area contributed by atoms with E-state index in [9.17, 15) is 14.5 Å². The molecular formula is C20H16N4O3S. The van der Waals surface area contributed by atoms with Gasteiger partial charge in [-0.05, 0) is 46.5 Å². The SMILES string of the molecule is NCCNC(=O)c1ccc(-c2c(N=O)ccc3[nH]c(=O)c4sccc4c23)cc1. The fourth-order valence-electron chi connectivity index (χ4n) is 3.28. The molecule has 0 aliphatic rings. The first-order valence-corrected chi connectivity index (χ1v) is 9.50. The van der Waals surface area contributed by atoms with Gasteiger partial charge in [0.2, 0.25) is 0 Å². The summed E-state index contributed by atoms with van der Waals surface area (Å²) < 4.78 is 0.592. The number of thiophene rings is 1. The highest BCUT2D eigenvalue weighted by molar-refractivity contribution is 7.17. The minimum atomic E-state index is -0.215. The molecule has 0 fully saturated rings. The van der Waals surface area contributed by atoms with Crippen LogP contribution in [0.4, 0.5) is 5.69 Å². The third-order valence-corrected chi connectivity index (χ3v) is 5.45. The minimum absolute atomic E-state index is 0.165. The Morgan fingerprint density at radius 3 is 2.64 bits per heavy atom. The molecule has 4 aromatic rings. The molecule has 7 nitrogen and oxygen atoms in total. The number of rotatable bonds is 5. The smallest absolute Gasteiger partial charge is 0.266 e. The molecule has 0 bridgehead atoms. The average molecular weight is 392 g/mol. The highest BCUT2D eigenvalue weighted by Gasteiger charge is 2.16. The number of nitroso groups, excluding NO2 is 1. The van der Waals surface area contributed by atoms with Gasteiger partial charge < -0.3 is 16.0 Å². The van der Waals surface area contributed by atoms with Crippen molar-refractivity contribution in [2.75, 3.05) is 13.1 Å². The first-order chi connectivity index (χ1) is 13.6. The van der Waals surface area contributed by atoms with Crippen molar-refractivity contribution in [1.82, 2.24) is 10.3 Å². The van der Waals surface area contributed by atoms with Crippen LogP contribution in [0.3, 0.4) is 0 Å². The number of carbonyl (C=O) groups excluding carboxylic acids is 1. The summed E-state index contributed by atoms with van der Waals surface area (Å²) in [5.41, 5.74) is 7.99. The molecule has 0 radical (unpaired) electrons. The van der Waals surface area contributed by atoms with E-state index in [4.69, 9.17) is 5.73 Å². The van der Waals surface area contributed by atoms with E-state index in [1.165, 1.54) is 11.3 Å². The Hall–Kier alpha value is -3.36. The van der Waals surface area contributed by atoms with Crippen LogP contribution in [0.5, 0.6) is 0 Å². The maximum atomic E-state index is 12.3. The van der Waals surface area contributed by atoms with Crippen molar-refractivity contribution < 1.29 is 4.79 Å². The van der Waals surface area contributed by atoms with E-state index < -0.39 is 0 Å². The fraction of sp³-hybridized carbons (Fsp3) is 0.100. The largest absolute Gasteiger partial charge is 0.351 e. The van der Waals surface area contributed by atoms with Crippen molar-refractivity contribution in [2.45, 2.75) is 0 Å². The lowest BCUT2D eigenvalue weighted by molar-refractivity contribution is 0.0955. The molecule has 0 unspecified atom stereocenters. The van der Waals surface area contributed by atoms with Crippen LogP contribution in [0.2, 0.25) is 0 Å². The molecule has 0 aliphatic carbocycles. The zero-order valence-corrected chi connectivity index (χ0v) is 15.5. The molecule has 0 atom stereocenters. The standard InChI is InChI=1S/C20H16N4O3S/c21-8-9-22-19(25)12-3-1-11(2-4-12)16-15(24-27)6-5-14-17(16)13-7-10-28-18(13)20(26)23-14/h1-7,10H,8-9,21H2,(H,22,25)(H,23,26). The molecule has 8 heteroatoms. The number of nitrogens with one attached hydrogen (secondary N) is 2. The molecule has 2 aromatic carbocycles. The first kappa shape index (κ1) is 18.0. The van der Waals surface area contributed by atoms with Crippen molar-refractivity contribution in [3.05, 3.63) is 68.7 Å². The lowest BCUT2D eigenvalue weighted by atomic mass is 9.96. The molecule has 0 spiro atoms. The molecule has 2 heterocycles. The second-order valence-corrected chi connectivity index (χ2v) is 7.13. The van der Waals surface area contributed by atoms with Gasteiger partial charge in [-0.25, -0.2) is 0 Å². The van der Waals surface area contributed by atoms with Gasteiger partial charge in [-0.15, -0.1) is 16.2 Å². The quantitative estimate of drug-likeness (QED) is 0.451. The van der Waals surface area contributed by atoms with E-state index >= 15 is 0 Å². The highest BCUT2D eigenvalue weighted by atomic mass is 32.1. The number of aromatic nitrogens is 1. The third-order valence-electron chi connectivity index (χ3n) is 4.54. The zero-order valence-electron chi connectivity index (χ0n) is 14.7. The number of nitrogens with zero attached hydrogens (tertiary/aromatic N) is 1. The van der Waals surface area contributed by atoms with Gasteiger partial charge in [-0.3, -0.25) is 9.59 Å². The van der Waals surface area contributed by atoms with E-state index in [0.29, 0.717) is 34.4 Å². The summed E-state index contributed by atoms with van der Waals surface area (Å²) in [5.74, 6) is -0.215. The van der Waals surface area contributed by atoms with Crippen LogP contribution in [0, 0.1) is 4.91 Å². The molecular weight excluding hydrogens is 376 g/mol. The van der Waals surface area contributed by atoms with E-state index in [0.717, 1.165) is 16.3 Å². The summed E-state index contributed by atoms with van der Waals surface area (Å²) >= 11 is 1.34. The van der Waals surface area contributed by atoms with Crippen LogP contribution in [-0.4, -0.2) is 24.0 Å². The number of aromatic amines is 1. The maximum absolute atomic E-state index is 12.3. The van der Waals surface area contributed by atoms with Crippen LogP contribution >= 0.6 is 11.3 Å². The summed E-state index contributed by atoms with van der Waals surface area (Å²) in [6.07, 6.45) is 0. The molecule has 1 amide bonds. The minimum Gasteiger partial charge on any atom is -0.351 e. The van der Waals surface area contributed by atoms with Crippen LogP contribution in [0.15, 0.2) is 57.8 Å². The van der Waals surface area contributed by atoms with Gasteiger partial charge in [0.05, 0.1) is 0 Å². The van der Waals surface area contributed by atoms with E-state index in [1.807, 2.05) is 11.4 Å². The summed E-state index contributed by atoms with van der Waals surface area (Å²) in [7, 11) is 0. The number of benzene rings is 2. The van der Waals surface area contributed by atoms with Crippen molar-refractivity contribution >= 4 is 43.9 Å². The number of hydrogen-bond donors (Lipinski definition) is 3. The Morgan fingerprint density at radius 2 is 1.93 bits per heavy atom. The normalized spacial score (nSPS) is 11.0. The highest BCUT2D eigenvalue weighted by Crippen LogP contribution is 2.40. The van der Waals surface area contributed by atoms with Gasteiger partial charge in [-0.1, -0.05) is 12.1 Å². The summed E-state index contributed by atoms with van der Waals surface area (Å²) in [4.78, 5) is 38.7. The number of pyridine rings is 1. The number of nitrogens with two attached hydrogens (primary N) is 1. The van der Waals surface area contributed by atoms with Crippen LogP contribution in [0.25, 0.3) is 32.1 Å². The molecule has 4 N–H and O–H groups in total. The topological polar surface area (TPSA) is 117 Å². The van der Waals surface area contributed by atoms with Crippen molar-refractivity contribution in [1.29, 1.82) is 0 Å². The van der Waals surface area contributed by atoms with Crippen molar-refractivity contribution in [2.24, 2.45) is 10.9 Å². The Morgan fingerprint density at radius 1 is 1.14 bits per heavy atom. The van der Waals surface area contributed by atoms with Gasteiger partial charge >= 0.3 is 0 Å². The first-order valence-electron chi connectivity index (χ1n) is 8.62. The molecule has 28 heavy (non-hydrogen) atoms. The van der Waals surface area contributed by atoms with Gasteiger partial charge in [-0.2, -0.15) is 0 Å². The monoisotopic (exact) mass is 392 g/mol. The third kappa shape index (κ3) is 2.98. The Balaban J connectivity index is 1.92. The number of H-pyrrole nitrogens is 1. The van der Waals surface area contributed by atoms with Gasteiger partial charge in [0, 0.05) is 40.5 Å². The Bertz CT molecular complexity index is 1260. The van der Waals surface area contributed by atoms with Crippen molar-refractivity contribution in [3.8, 4) is 11.1 Å². The van der Waals surface area contributed by atoms with Crippen molar-refractivity contribution in [3.63, 3.8) is 0 Å². The van der Waals surface area contributed by atoms with E-state index in [-0.39, 0.29) is 17.2 Å². The average Bonchev–Trinajstić information content (AvgIpc) is 3.22. The Kier molecular flexibility index (Phi) is 4.72. The number of hydrogen-bond acceptors (Lipinski definition) is 6. The van der Waals surface area contributed by atoms with Crippen LogP contribution in [-0.2, 0) is 0 Å². The predicted octanol–water partition coefficient (Wildman–Crippen LogP) is 3.50.